The first-order chi connectivity index (χ1) is 13.2. The van der Waals surface area contributed by atoms with Crippen LogP contribution in [0.1, 0.15) is 39.5 Å². The molecular formula is C21H37IN4O2. The van der Waals surface area contributed by atoms with E-state index < -0.39 is 0 Å². The smallest absolute Gasteiger partial charge is 0.191 e. The van der Waals surface area contributed by atoms with Gasteiger partial charge in [0.05, 0.1) is 13.7 Å². The third kappa shape index (κ3) is 9.82. The summed E-state index contributed by atoms with van der Waals surface area (Å²) in [4.78, 5) is 7.22. The van der Waals surface area contributed by atoms with Gasteiger partial charge in [0.15, 0.2) is 5.96 Å². The van der Waals surface area contributed by atoms with Gasteiger partial charge in [0, 0.05) is 19.2 Å². The van der Waals surface area contributed by atoms with E-state index >= 15 is 0 Å². The number of aliphatic imine (C=N–C) groups is 1. The van der Waals surface area contributed by atoms with Gasteiger partial charge < -0.3 is 25.0 Å². The summed E-state index contributed by atoms with van der Waals surface area (Å²) in [6.07, 6.45) is 5.12. The minimum atomic E-state index is -0.0114. The minimum Gasteiger partial charge on any atom is -0.497 e. The predicted octanol–water partition coefficient (Wildman–Crippen LogP) is 3.51. The molecule has 6 nitrogen and oxygen atoms in total. The van der Waals surface area contributed by atoms with Crippen molar-refractivity contribution in [1.29, 1.82) is 0 Å². The first kappa shape index (κ1) is 24.8. The molecule has 2 rings (SSSR count). The van der Waals surface area contributed by atoms with Gasteiger partial charge in [-0.2, -0.15) is 0 Å². The van der Waals surface area contributed by atoms with Crippen molar-refractivity contribution in [1.82, 2.24) is 15.5 Å². The van der Waals surface area contributed by atoms with E-state index in [4.69, 9.17) is 9.47 Å². The summed E-state index contributed by atoms with van der Waals surface area (Å²) in [6, 6.07) is 7.67. The lowest BCUT2D eigenvalue weighted by atomic mass is 10.3. The summed E-state index contributed by atoms with van der Waals surface area (Å²) < 4.78 is 11.2. The number of ether oxygens (including phenoxy) is 2. The number of nitrogens with one attached hydrogen (secondary N) is 2. The number of rotatable bonds is 11. The van der Waals surface area contributed by atoms with E-state index in [2.05, 4.69) is 27.4 Å². The van der Waals surface area contributed by atoms with E-state index in [-0.39, 0.29) is 30.1 Å². The average Bonchev–Trinajstić information content (AvgIpc) is 3.19. The SMILES string of the molecule is CCNC(=NCC(C)Oc1cccc(OC)c1)NCCCCN1CCCC1.I. The van der Waals surface area contributed by atoms with Crippen LogP contribution in [0, 0.1) is 0 Å². The Morgan fingerprint density at radius 3 is 2.64 bits per heavy atom. The van der Waals surface area contributed by atoms with E-state index in [1.54, 1.807) is 7.11 Å². The van der Waals surface area contributed by atoms with Crippen LogP contribution >= 0.6 is 24.0 Å². The lowest BCUT2D eigenvalue weighted by Crippen LogP contribution is -2.38. The topological polar surface area (TPSA) is 58.1 Å². The normalized spacial score (nSPS) is 15.6. The van der Waals surface area contributed by atoms with Crippen molar-refractivity contribution < 1.29 is 9.47 Å². The highest BCUT2D eigenvalue weighted by molar-refractivity contribution is 14.0. The van der Waals surface area contributed by atoms with Crippen molar-refractivity contribution in [2.75, 3.05) is 46.4 Å². The van der Waals surface area contributed by atoms with Crippen LogP contribution < -0.4 is 20.1 Å². The Balaban J connectivity index is 0.00000392. The van der Waals surface area contributed by atoms with Gasteiger partial charge >= 0.3 is 0 Å². The molecule has 1 aromatic rings. The summed E-state index contributed by atoms with van der Waals surface area (Å²) >= 11 is 0. The second kappa shape index (κ2) is 14.7. The second-order valence-corrected chi connectivity index (χ2v) is 7.01. The number of unbranched alkanes of at least 4 members (excludes halogenated alkanes) is 1. The molecule has 1 fully saturated rings. The summed E-state index contributed by atoms with van der Waals surface area (Å²) in [5.74, 6) is 2.46. The molecule has 1 unspecified atom stereocenters. The van der Waals surface area contributed by atoms with Crippen molar-refractivity contribution in [2.24, 2.45) is 4.99 Å². The average molecular weight is 504 g/mol. The summed E-state index contributed by atoms with van der Waals surface area (Å²) in [6.45, 7) is 10.3. The molecule has 0 radical (unpaired) electrons. The molecule has 1 aliphatic heterocycles. The fourth-order valence-electron chi connectivity index (χ4n) is 3.18. The number of benzene rings is 1. The van der Waals surface area contributed by atoms with Gasteiger partial charge in [-0.05, 0) is 71.3 Å². The molecule has 7 heteroatoms. The summed E-state index contributed by atoms with van der Waals surface area (Å²) in [5.41, 5.74) is 0. The van der Waals surface area contributed by atoms with E-state index in [9.17, 15) is 0 Å². The molecule has 0 aromatic heterocycles. The van der Waals surface area contributed by atoms with Crippen LogP contribution in [0.25, 0.3) is 0 Å². The van der Waals surface area contributed by atoms with Crippen LogP contribution in [-0.4, -0.2) is 63.3 Å². The molecule has 1 atom stereocenters. The zero-order valence-corrected chi connectivity index (χ0v) is 19.9. The highest BCUT2D eigenvalue weighted by Crippen LogP contribution is 2.19. The summed E-state index contributed by atoms with van der Waals surface area (Å²) in [7, 11) is 1.66. The molecular weight excluding hydrogens is 467 g/mol. The maximum absolute atomic E-state index is 5.94. The van der Waals surface area contributed by atoms with Crippen molar-refractivity contribution >= 4 is 29.9 Å². The molecule has 160 valence electrons. The Labute approximate surface area is 187 Å². The maximum atomic E-state index is 5.94. The molecule has 1 saturated heterocycles. The van der Waals surface area contributed by atoms with E-state index in [0.29, 0.717) is 6.54 Å². The highest BCUT2D eigenvalue weighted by Gasteiger charge is 2.10. The van der Waals surface area contributed by atoms with Gasteiger partial charge in [0.2, 0.25) is 0 Å². The summed E-state index contributed by atoms with van der Waals surface area (Å²) in [5, 5.41) is 6.73. The largest absolute Gasteiger partial charge is 0.497 e. The van der Waals surface area contributed by atoms with E-state index in [1.165, 1.54) is 38.9 Å². The molecule has 1 aromatic carbocycles. The number of likely N-dealkylation sites (tertiary alicyclic amines) is 1. The third-order valence-electron chi connectivity index (χ3n) is 4.62. The van der Waals surface area contributed by atoms with Gasteiger partial charge in [-0.15, -0.1) is 24.0 Å². The molecule has 2 N–H and O–H groups in total. The monoisotopic (exact) mass is 504 g/mol. The number of nitrogens with zero attached hydrogens (tertiary/aromatic N) is 2. The Morgan fingerprint density at radius 2 is 1.93 bits per heavy atom. The van der Waals surface area contributed by atoms with Crippen molar-refractivity contribution in [3.8, 4) is 11.5 Å². The van der Waals surface area contributed by atoms with Gasteiger partial charge in [-0.3, -0.25) is 0 Å². The molecule has 28 heavy (non-hydrogen) atoms. The van der Waals surface area contributed by atoms with Crippen molar-refractivity contribution in [3.63, 3.8) is 0 Å². The first-order valence-corrected chi connectivity index (χ1v) is 10.3. The Kier molecular flexibility index (Phi) is 13.1. The second-order valence-electron chi connectivity index (χ2n) is 7.01. The van der Waals surface area contributed by atoms with Crippen LogP contribution in [0.4, 0.5) is 0 Å². The lowest BCUT2D eigenvalue weighted by Gasteiger charge is -2.16. The van der Waals surface area contributed by atoms with Crippen LogP contribution in [-0.2, 0) is 0 Å². The number of guanidine groups is 1. The number of halogens is 1. The van der Waals surface area contributed by atoms with Gasteiger partial charge in [-0.1, -0.05) is 6.07 Å². The standard InChI is InChI=1S/C21H36N4O2.HI/c1-4-22-21(23-12-5-6-13-25-14-7-8-15-25)24-17-18(2)27-20-11-9-10-19(16-20)26-3;/h9-11,16,18H,4-8,12-15,17H2,1-3H3,(H2,22,23,24);1H. The molecule has 0 spiro atoms. The van der Waals surface area contributed by atoms with Crippen molar-refractivity contribution in [2.45, 2.75) is 45.6 Å². The fourth-order valence-corrected chi connectivity index (χ4v) is 3.18. The number of hydrogen-bond donors (Lipinski definition) is 2. The Morgan fingerprint density at radius 1 is 1.18 bits per heavy atom. The van der Waals surface area contributed by atoms with Gasteiger partial charge in [0.25, 0.3) is 0 Å². The predicted molar refractivity (Wildman–Crippen MR) is 127 cm³/mol. The highest BCUT2D eigenvalue weighted by atomic mass is 127. The Hall–Kier alpha value is -1.22. The maximum Gasteiger partial charge on any atom is 0.191 e. The van der Waals surface area contributed by atoms with E-state index in [1.807, 2.05) is 31.2 Å². The van der Waals surface area contributed by atoms with Gasteiger partial charge in [-0.25, -0.2) is 4.99 Å². The third-order valence-corrected chi connectivity index (χ3v) is 4.62. The fraction of sp³-hybridized carbons (Fsp3) is 0.667. The molecule has 1 heterocycles. The molecule has 0 bridgehead atoms. The van der Waals surface area contributed by atoms with E-state index in [0.717, 1.165) is 37.0 Å². The quantitative estimate of drug-likeness (QED) is 0.209. The zero-order chi connectivity index (χ0) is 19.3. The minimum absolute atomic E-state index is 0. The van der Waals surface area contributed by atoms with Crippen LogP contribution in [0.3, 0.4) is 0 Å². The molecule has 0 aliphatic carbocycles. The number of methoxy groups -OCH3 is 1. The first-order valence-electron chi connectivity index (χ1n) is 10.3. The molecule has 1 aliphatic rings. The van der Waals surface area contributed by atoms with Crippen LogP contribution in [0.15, 0.2) is 29.3 Å². The molecule has 0 amide bonds. The Bertz CT molecular complexity index is 565. The van der Waals surface area contributed by atoms with Crippen LogP contribution in [0.2, 0.25) is 0 Å². The zero-order valence-electron chi connectivity index (χ0n) is 17.6. The lowest BCUT2D eigenvalue weighted by molar-refractivity contribution is 0.229. The van der Waals surface area contributed by atoms with Crippen LogP contribution in [0.5, 0.6) is 11.5 Å². The van der Waals surface area contributed by atoms with Crippen molar-refractivity contribution in [3.05, 3.63) is 24.3 Å². The van der Waals surface area contributed by atoms with Gasteiger partial charge in [0.1, 0.15) is 17.6 Å². The number of hydrogen-bond acceptors (Lipinski definition) is 4. The molecule has 0 saturated carbocycles.